The number of ether oxygens (including phenoxy) is 1. The van der Waals surface area contributed by atoms with Crippen molar-refractivity contribution in [2.24, 2.45) is 0 Å². The Morgan fingerprint density at radius 1 is 1.25 bits per heavy atom. The molecule has 0 aromatic heterocycles. The van der Waals surface area contributed by atoms with E-state index in [1.165, 1.54) is 12.8 Å². The van der Waals surface area contributed by atoms with Crippen LogP contribution >= 0.6 is 0 Å². The molecule has 0 amide bonds. The zero-order valence-corrected chi connectivity index (χ0v) is 10.3. The van der Waals surface area contributed by atoms with Crippen molar-refractivity contribution in [1.82, 2.24) is 0 Å². The summed E-state index contributed by atoms with van der Waals surface area (Å²) in [6, 6.07) is 9.47. The van der Waals surface area contributed by atoms with Crippen molar-refractivity contribution in [3.8, 4) is 0 Å². The molecule has 2 rings (SSSR count). The Kier molecular flexibility index (Phi) is 4.02. The van der Waals surface area contributed by atoms with Crippen molar-refractivity contribution in [2.45, 2.75) is 18.3 Å². The Labute approximate surface area is 99.3 Å². The van der Waals surface area contributed by atoms with Crippen molar-refractivity contribution < 1.29 is 9.53 Å². The minimum Gasteiger partial charge on any atom is -0.331 e. The molecule has 1 aromatic carbocycles. The van der Waals surface area contributed by atoms with Crippen LogP contribution in [0.25, 0.3) is 0 Å². The molecule has 1 aliphatic heterocycles. The molecule has 1 saturated heterocycles. The average molecular weight is 237 g/mol. The Bertz CT molecular complexity index is 344. The Balaban J connectivity index is 2.12. The van der Waals surface area contributed by atoms with Gasteiger partial charge in [0.1, 0.15) is 11.5 Å². The van der Waals surface area contributed by atoms with Gasteiger partial charge in [0.25, 0.3) is 5.44 Å². The summed E-state index contributed by atoms with van der Waals surface area (Å²) in [5, 5.41) is 0. The molecule has 3 heteroatoms. The third-order valence-electron chi connectivity index (χ3n) is 2.85. The van der Waals surface area contributed by atoms with Gasteiger partial charge in [-0.25, -0.2) is 0 Å². The molecule has 0 aliphatic carbocycles. The molecule has 0 bridgehead atoms. The number of Topliss-reactive ketones (excluding diaryl/α,β-unsaturated/α-hetero) is 1. The maximum atomic E-state index is 12.2. The molecule has 1 atom stereocenters. The van der Waals surface area contributed by atoms with Crippen LogP contribution in [-0.4, -0.2) is 29.8 Å². The van der Waals surface area contributed by atoms with Crippen LogP contribution in [0.5, 0.6) is 0 Å². The number of methoxy groups -OCH3 is 1. The molecule has 1 heterocycles. The molecule has 2 nitrogen and oxygen atoms in total. The zero-order valence-electron chi connectivity index (χ0n) is 9.52. The number of hydrogen-bond acceptors (Lipinski definition) is 2. The van der Waals surface area contributed by atoms with E-state index < -0.39 is 0 Å². The van der Waals surface area contributed by atoms with E-state index in [4.69, 9.17) is 4.74 Å². The largest absolute Gasteiger partial charge is 0.331 e. The summed E-state index contributed by atoms with van der Waals surface area (Å²) in [5.41, 5.74) is 0.554. The molecular formula is C13H17O2S+. The smallest absolute Gasteiger partial charge is 0.282 e. The lowest BCUT2D eigenvalue weighted by Crippen LogP contribution is -2.33. The summed E-state index contributed by atoms with van der Waals surface area (Å²) >= 11 is 0. The fraction of sp³-hybridized carbons (Fsp3) is 0.462. The highest BCUT2D eigenvalue weighted by atomic mass is 32.2. The number of ketones is 1. The second-order valence-corrected chi connectivity index (χ2v) is 6.27. The highest BCUT2D eigenvalue weighted by molar-refractivity contribution is 7.98. The van der Waals surface area contributed by atoms with Crippen LogP contribution in [-0.2, 0) is 15.6 Å². The zero-order chi connectivity index (χ0) is 11.4. The predicted octanol–water partition coefficient (Wildman–Crippen LogP) is 2.25. The maximum Gasteiger partial charge on any atom is 0.282 e. The van der Waals surface area contributed by atoms with Gasteiger partial charge in [-0.2, -0.15) is 0 Å². The first-order valence-corrected chi connectivity index (χ1v) is 7.24. The van der Waals surface area contributed by atoms with Gasteiger partial charge in [0.05, 0.1) is 0 Å². The molecular weight excluding hydrogens is 220 g/mol. The lowest BCUT2D eigenvalue weighted by Gasteiger charge is -2.12. The molecule has 0 saturated carbocycles. The average Bonchev–Trinajstić information content (AvgIpc) is 2.85. The van der Waals surface area contributed by atoms with Gasteiger partial charge in [-0.1, -0.05) is 30.3 Å². The number of carbonyl (C=O) groups excluding carboxylic acids is 1. The van der Waals surface area contributed by atoms with Crippen LogP contribution in [0.2, 0.25) is 0 Å². The van der Waals surface area contributed by atoms with Crippen molar-refractivity contribution in [3.05, 3.63) is 35.9 Å². The van der Waals surface area contributed by atoms with E-state index in [2.05, 4.69) is 0 Å². The van der Waals surface area contributed by atoms with E-state index in [1.54, 1.807) is 7.11 Å². The summed E-state index contributed by atoms with van der Waals surface area (Å²) < 4.78 is 5.41. The highest BCUT2D eigenvalue weighted by Crippen LogP contribution is 2.22. The van der Waals surface area contributed by atoms with E-state index in [0.717, 1.165) is 17.1 Å². The van der Waals surface area contributed by atoms with Crippen LogP contribution in [0.4, 0.5) is 0 Å². The summed E-state index contributed by atoms with van der Waals surface area (Å²) in [5.74, 6) is 2.45. The van der Waals surface area contributed by atoms with Gasteiger partial charge in [-0.05, 0) is 12.8 Å². The highest BCUT2D eigenvalue weighted by Gasteiger charge is 2.39. The number of hydrogen-bond donors (Lipinski definition) is 0. The standard InChI is InChI=1S/C13H17O2S/c1-15-13(16-9-5-6-10-16)12(14)11-7-3-2-4-8-11/h2-4,7-8,13H,5-6,9-10H2,1H3/q+1. The normalized spacial score (nSPS) is 18.6. The first kappa shape index (κ1) is 11.7. The SMILES string of the molecule is COC(C(=O)c1ccccc1)[S+]1CCCC1. The Morgan fingerprint density at radius 2 is 1.88 bits per heavy atom. The molecule has 1 fully saturated rings. The number of rotatable bonds is 4. The molecule has 86 valence electrons. The van der Waals surface area contributed by atoms with Crippen molar-refractivity contribution >= 4 is 16.7 Å². The third-order valence-corrected chi connectivity index (χ3v) is 5.49. The number of carbonyl (C=O) groups is 1. The monoisotopic (exact) mass is 237 g/mol. The minimum absolute atomic E-state index is 0.133. The van der Waals surface area contributed by atoms with Crippen LogP contribution in [0.15, 0.2) is 30.3 Å². The van der Waals surface area contributed by atoms with E-state index >= 15 is 0 Å². The van der Waals surface area contributed by atoms with Crippen molar-refractivity contribution in [1.29, 1.82) is 0 Å². The molecule has 0 radical (unpaired) electrons. The topological polar surface area (TPSA) is 26.3 Å². The third kappa shape index (κ3) is 2.47. The molecule has 0 spiro atoms. The first-order chi connectivity index (χ1) is 7.83. The lowest BCUT2D eigenvalue weighted by atomic mass is 10.1. The van der Waals surface area contributed by atoms with Crippen molar-refractivity contribution in [3.63, 3.8) is 0 Å². The van der Waals surface area contributed by atoms with Gasteiger partial charge >= 0.3 is 0 Å². The second-order valence-electron chi connectivity index (χ2n) is 3.95. The fourth-order valence-corrected chi connectivity index (χ4v) is 4.52. The van der Waals surface area contributed by atoms with Crippen LogP contribution in [0.1, 0.15) is 23.2 Å². The van der Waals surface area contributed by atoms with Crippen molar-refractivity contribution in [2.75, 3.05) is 18.6 Å². The molecule has 1 unspecified atom stereocenters. The molecule has 1 aromatic rings. The van der Waals surface area contributed by atoms with Crippen LogP contribution < -0.4 is 0 Å². The van der Waals surface area contributed by atoms with E-state index in [9.17, 15) is 4.79 Å². The van der Waals surface area contributed by atoms with E-state index in [-0.39, 0.29) is 22.1 Å². The van der Waals surface area contributed by atoms with E-state index in [0.29, 0.717) is 0 Å². The molecule has 0 N–H and O–H groups in total. The Morgan fingerprint density at radius 3 is 2.44 bits per heavy atom. The summed E-state index contributed by atoms with van der Waals surface area (Å²) in [6.45, 7) is 0. The van der Waals surface area contributed by atoms with Gasteiger partial charge in [0.15, 0.2) is 0 Å². The number of benzene rings is 1. The maximum absolute atomic E-state index is 12.2. The quantitative estimate of drug-likeness (QED) is 0.593. The van der Waals surface area contributed by atoms with E-state index in [1.807, 2.05) is 30.3 Å². The summed E-state index contributed by atoms with van der Waals surface area (Å²) in [6.07, 6.45) is 2.48. The van der Waals surface area contributed by atoms with Gasteiger partial charge in [0.2, 0.25) is 5.78 Å². The van der Waals surface area contributed by atoms with Crippen LogP contribution in [0.3, 0.4) is 0 Å². The van der Waals surface area contributed by atoms with Gasteiger partial charge < -0.3 is 4.74 Å². The van der Waals surface area contributed by atoms with Gasteiger partial charge in [0, 0.05) is 23.6 Å². The Hall–Kier alpha value is -0.800. The fourth-order valence-electron chi connectivity index (χ4n) is 2.02. The predicted molar refractivity (Wildman–Crippen MR) is 67.9 cm³/mol. The lowest BCUT2D eigenvalue weighted by molar-refractivity contribution is 0.0789. The molecule has 1 aliphatic rings. The minimum atomic E-state index is -0.218. The summed E-state index contributed by atoms with van der Waals surface area (Å²) in [7, 11) is 1.78. The van der Waals surface area contributed by atoms with Gasteiger partial charge in [-0.15, -0.1) is 0 Å². The first-order valence-electron chi connectivity index (χ1n) is 5.61. The van der Waals surface area contributed by atoms with Gasteiger partial charge in [-0.3, -0.25) is 4.79 Å². The second kappa shape index (κ2) is 5.51. The summed E-state index contributed by atoms with van der Waals surface area (Å²) in [4.78, 5) is 12.2. The molecule has 16 heavy (non-hydrogen) atoms. The van der Waals surface area contributed by atoms with Crippen LogP contribution in [0, 0.1) is 0 Å².